The van der Waals surface area contributed by atoms with Gasteiger partial charge in [-0.15, -0.1) is 0 Å². The Labute approximate surface area is 229 Å². The molecule has 0 radical (unpaired) electrons. The molecule has 0 aliphatic heterocycles. The molecule has 0 aliphatic carbocycles. The number of hydrogen-bond acceptors (Lipinski definition) is 6. The van der Waals surface area contributed by atoms with E-state index >= 15 is 0 Å². The van der Waals surface area contributed by atoms with Gasteiger partial charge in [-0.05, 0) is 98.5 Å². The molecule has 0 fully saturated rings. The predicted octanol–water partition coefficient (Wildman–Crippen LogP) is 3.94. The summed E-state index contributed by atoms with van der Waals surface area (Å²) in [5.41, 5.74) is 7.02. The highest BCUT2D eigenvalue weighted by Crippen LogP contribution is 2.23. The van der Waals surface area contributed by atoms with E-state index in [2.05, 4.69) is 15.8 Å². The largest absolute Gasteiger partial charge is 0.484 e. The molecule has 0 saturated heterocycles. The van der Waals surface area contributed by atoms with Crippen molar-refractivity contribution in [1.82, 2.24) is 10.7 Å². The first kappa shape index (κ1) is 29.4. The minimum absolute atomic E-state index is 0.0477. The highest BCUT2D eigenvalue weighted by atomic mass is 32.2. The van der Waals surface area contributed by atoms with E-state index in [0.717, 1.165) is 22.3 Å². The van der Waals surface area contributed by atoms with Gasteiger partial charge in [-0.2, -0.15) is 5.10 Å². The van der Waals surface area contributed by atoms with Crippen LogP contribution < -0.4 is 19.8 Å². The van der Waals surface area contributed by atoms with Crippen molar-refractivity contribution in [3.05, 3.63) is 94.5 Å². The summed E-state index contributed by atoms with van der Waals surface area (Å²) in [6.07, 6.45) is 2.67. The molecule has 3 rings (SSSR count). The van der Waals surface area contributed by atoms with E-state index in [1.54, 1.807) is 54.6 Å². The van der Waals surface area contributed by atoms with E-state index in [1.807, 2.05) is 39.8 Å². The molecule has 10 heteroatoms. The molecular formula is C29H34N4O5S. The number of rotatable bonds is 11. The summed E-state index contributed by atoms with van der Waals surface area (Å²) < 4.78 is 31.7. The highest BCUT2D eigenvalue weighted by Gasteiger charge is 2.18. The Hall–Kier alpha value is -4.18. The van der Waals surface area contributed by atoms with Crippen LogP contribution >= 0.6 is 0 Å². The van der Waals surface area contributed by atoms with Crippen LogP contribution in [0.4, 0.5) is 5.69 Å². The van der Waals surface area contributed by atoms with Gasteiger partial charge in [-0.3, -0.25) is 13.9 Å². The fourth-order valence-corrected chi connectivity index (χ4v) is 4.48. The quantitative estimate of drug-likeness (QED) is 0.277. The van der Waals surface area contributed by atoms with Crippen molar-refractivity contribution in [2.45, 2.75) is 40.3 Å². The number of carbonyl (C=O) groups is 2. The van der Waals surface area contributed by atoms with E-state index in [1.165, 1.54) is 16.8 Å². The minimum Gasteiger partial charge on any atom is -0.484 e. The molecular weight excluding hydrogens is 516 g/mol. The van der Waals surface area contributed by atoms with Crippen LogP contribution in [0.5, 0.6) is 5.75 Å². The predicted molar refractivity (Wildman–Crippen MR) is 154 cm³/mol. The van der Waals surface area contributed by atoms with E-state index in [0.29, 0.717) is 17.0 Å². The van der Waals surface area contributed by atoms with E-state index in [9.17, 15) is 18.0 Å². The summed E-state index contributed by atoms with van der Waals surface area (Å²) in [6.45, 7) is 7.74. The molecule has 3 aromatic carbocycles. The van der Waals surface area contributed by atoms with Crippen LogP contribution in [0, 0.1) is 13.8 Å². The number of anilines is 1. The van der Waals surface area contributed by atoms with Crippen LogP contribution in [0.2, 0.25) is 0 Å². The number of hydrogen-bond donors (Lipinski definition) is 2. The zero-order valence-corrected chi connectivity index (χ0v) is 23.6. The van der Waals surface area contributed by atoms with Gasteiger partial charge in [0.15, 0.2) is 6.61 Å². The Kier molecular flexibility index (Phi) is 9.84. The number of sulfonamides is 1. The lowest BCUT2D eigenvalue weighted by Gasteiger charge is -2.23. The first-order chi connectivity index (χ1) is 18.4. The fraction of sp³-hybridized carbons (Fsp3) is 0.276. The van der Waals surface area contributed by atoms with Gasteiger partial charge in [0.05, 0.1) is 24.7 Å². The Balaban J connectivity index is 1.57. The zero-order chi connectivity index (χ0) is 28.6. The smallest absolute Gasteiger partial charge is 0.271 e. The number of ether oxygens (including phenoxy) is 1. The summed E-state index contributed by atoms with van der Waals surface area (Å²) in [5.74, 6) is -0.0503. The van der Waals surface area contributed by atoms with Gasteiger partial charge in [0, 0.05) is 11.6 Å². The first-order valence-electron chi connectivity index (χ1n) is 12.4. The van der Waals surface area contributed by atoms with Gasteiger partial charge in [-0.25, -0.2) is 13.8 Å². The molecule has 9 nitrogen and oxygen atoms in total. The Bertz CT molecular complexity index is 1430. The van der Waals surface area contributed by atoms with Gasteiger partial charge in [-0.1, -0.05) is 18.2 Å². The molecule has 0 heterocycles. The van der Waals surface area contributed by atoms with E-state index < -0.39 is 15.9 Å². The molecule has 2 N–H and O–H groups in total. The Morgan fingerprint density at radius 1 is 0.974 bits per heavy atom. The number of nitrogens with zero attached hydrogens (tertiary/aromatic N) is 2. The lowest BCUT2D eigenvalue weighted by atomic mass is 10.1. The summed E-state index contributed by atoms with van der Waals surface area (Å²) in [4.78, 5) is 24.2. The topological polar surface area (TPSA) is 117 Å². The third-order valence-electron chi connectivity index (χ3n) is 5.80. The van der Waals surface area contributed by atoms with Crippen LogP contribution in [0.1, 0.15) is 46.5 Å². The molecule has 0 aliphatic rings. The maximum Gasteiger partial charge on any atom is 0.271 e. The van der Waals surface area contributed by atoms with Crippen molar-refractivity contribution >= 4 is 33.7 Å². The second kappa shape index (κ2) is 13.1. The number of benzene rings is 3. The van der Waals surface area contributed by atoms with Gasteiger partial charge in [0.2, 0.25) is 10.0 Å². The SMILES string of the molecule is Cc1ccc(N(Cc2ccc(C(=O)N/N=C\c3ccc(OCC(=O)NC(C)C)cc3)cc2)S(C)(=O)=O)cc1C. The van der Waals surface area contributed by atoms with Crippen molar-refractivity contribution in [3.63, 3.8) is 0 Å². The third-order valence-corrected chi connectivity index (χ3v) is 6.94. The molecule has 0 unspecified atom stereocenters. The molecule has 0 spiro atoms. The van der Waals surface area contributed by atoms with Crippen molar-refractivity contribution in [1.29, 1.82) is 0 Å². The molecule has 206 valence electrons. The van der Waals surface area contributed by atoms with Crippen molar-refractivity contribution in [2.75, 3.05) is 17.2 Å². The lowest BCUT2D eigenvalue weighted by Crippen LogP contribution is -2.34. The van der Waals surface area contributed by atoms with Crippen LogP contribution in [-0.4, -0.2) is 45.4 Å². The number of amides is 2. The monoisotopic (exact) mass is 550 g/mol. The fourth-order valence-electron chi connectivity index (χ4n) is 3.60. The summed E-state index contributed by atoms with van der Waals surface area (Å²) in [7, 11) is -3.52. The molecule has 0 atom stereocenters. The molecule has 0 aromatic heterocycles. The van der Waals surface area contributed by atoms with Crippen LogP contribution in [0.15, 0.2) is 71.8 Å². The molecule has 2 amide bonds. The average Bonchev–Trinajstić information content (AvgIpc) is 2.88. The second-order valence-corrected chi connectivity index (χ2v) is 11.4. The van der Waals surface area contributed by atoms with E-state index in [-0.39, 0.29) is 25.1 Å². The Morgan fingerprint density at radius 3 is 2.23 bits per heavy atom. The molecule has 3 aromatic rings. The third kappa shape index (κ3) is 8.96. The number of nitrogens with one attached hydrogen (secondary N) is 2. The number of hydrazone groups is 1. The molecule has 39 heavy (non-hydrogen) atoms. The van der Waals surface area contributed by atoms with Crippen molar-refractivity contribution in [3.8, 4) is 5.75 Å². The average molecular weight is 551 g/mol. The van der Waals surface area contributed by atoms with Gasteiger partial charge in [0.25, 0.3) is 11.8 Å². The lowest BCUT2D eigenvalue weighted by molar-refractivity contribution is -0.123. The summed E-state index contributed by atoms with van der Waals surface area (Å²) in [6, 6.07) is 19.2. The maximum atomic E-state index is 12.5. The van der Waals surface area contributed by atoms with Gasteiger partial charge < -0.3 is 10.1 Å². The van der Waals surface area contributed by atoms with Gasteiger partial charge >= 0.3 is 0 Å². The second-order valence-electron chi connectivity index (χ2n) is 9.51. The zero-order valence-electron chi connectivity index (χ0n) is 22.8. The Morgan fingerprint density at radius 2 is 1.64 bits per heavy atom. The summed E-state index contributed by atoms with van der Waals surface area (Å²) >= 11 is 0. The van der Waals surface area contributed by atoms with Crippen molar-refractivity contribution < 1.29 is 22.7 Å². The van der Waals surface area contributed by atoms with Crippen LogP contribution in [0.3, 0.4) is 0 Å². The normalized spacial score (nSPS) is 11.4. The van der Waals surface area contributed by atoms with Crippen LogP contribution in [0.25, 0.3) is 0 Å². The molecule has 0 bridgehead atoms. The van der Waals surface area contributed by atoms with Crippen molar-refractivity contribution in [2.24, 2.45) is 5.10 Å². The minimum atomic E-state index is -3.52. The number of aryl methyl sites for hydroxylation is 2. The summed E-state index contributed by atoms with van der Waals surface area (Å²) in [5, 5.41) is 6.75. The number of carbonyl (C=O) groups excluding carboxylic acids is 2. The first-order valence-corrected chi connectivity index (χ1v) is 14.3. The standard InChI is InChI=1S/C29H34N4O5S/c1-20(2)31-28(34)19-38-27-14-9-23(10-15-27)17-30-32-29(35)25-11-7-24(8-12-25)18-33(39(5,36)37)26-13-6-21(3)22(4)16-26/h6-17,20H,18-19H2,1-5H3,(H,31,34)(H,32,35)/b30-17-. The van der Waals surface area contributed by atoms with E-state index in [4.69, 9.17) is 4.74 Å². The van der Waals surface area contributed by atoms with Crippen LogP contribution in [-0.2, 0) is 21.4 Å². The maximum absolute atomic E-state index is 12.5. The molecule has 0 saturated carbocycles. The van der Waals surface area contributed by atoms with Gasteiger partial charge in [0.1, 0.15) is 5.75 Å². The highest BCUT2D eigenvalue weighted by molar-refractivity contribution is 7.92.